The van der Waals surface area contributed by atoms with Gasteiger partial charge in [0.1, 0.15) is 18.0 Å². The Bertz CT molecular complexity index is 1220. The Labute approximate surface area is 152 Å². The molecule has 0 fully saturated rings. The molecular weight excluding hydrogens is 354 g/mol. The van der Waals surface area contributed by atoms with Gasteiger partial charge in [-0.2, -0.15) is 4.98 Å². The third-order valence-electron chi connectivity index (χ3n) is 4.70. The molecule has 0 radical (unpaired) electrons. The second-order valence-corrected chi connectivity index (χ2v) is 6.14. The van der Waals surface area contributed by atoms with Crippen molar-refractivity contribution >= 4 is 28.7 Å². The summed E-state index contributed by atoms with van der Waals surface area (Å²) < 4.78 is 14.4. The summed E-state index contributed by atoms with van der Waals surface area (Å²) in [5, 5.41) is 0. The molecule has 0 spiro atoms. The Hall–Kier alpha value is -3.56. The normalized spacial score (nSPS) is 13.3. The van der Waals surface area contributed by atoms with Crippen LogP contribution in [0.5, 0.6) is 11.5 Å². The number of carbonyl (C=O) groups is 1. The van der Waals surface area contributed by atoms with Crippen LogP contribution in [0.15, 0.2) is 27.8 Å². The number of methoxy groups -OCH3 is 2. The first kappa shape index (κ1) is 16.9. The molecule has 27 heavy (non-hydrogen) atoms. The van der Waals surface area contributed by atoms with Crippen LogP contribution in [-0.2, 0) is 25.4 Å². The first-order valence-corrected chi connectivity index (χ1v) is 8.10. The molecule has 1 aromatic carbocycles. The summed E-state index contributed by atoms with van der Waals surface area (Å²) in [6.07, 6.45) is 0. The minimum atomic E-state index is -0.497. The van der Waals surface area contributed by atoms with Crippen molar-refractivity contribution in [2.45, 2.75) is 6.54 Å². The number of hydrogen-bond acceptors (Lipinski definition) is 6. The van der Waals surface area contributed by atoms with Crippen LogP contribution in [0.3, 0.4) is 0 Å². The lowest BCUT2D eigenvalue weighted by Crippen LogP contribution is -2.37. The molecule has 0 saturated heterocycles. The van der Waals surface area contributed by atoms with Gasteiger partial charge in [0.2, 0.25) is 5.95 Å². The van der Waals surface area contributed by atoms with Crippen molar-refractivity contribution in [2.24, 2.45) is 14.1 Å². The Morgan fingerprint density at radius 1 is 1.04 bits per heavy atom. The van der Waals surface area contributed by atoms with E-state index in [0.717, 1.165) is 4.57 Å². The van der Waals surface area contributed by atoms with Crippen LogP contribution in [0.4, 0.5) is 11.6 Å². The lowest BCUT2D eigenvalue weighted by Gasteiger charge is -2.18. The highest BCUT2D eigenvalue weighted by atomic mass is 16.5. The summed E-state index contributed by atoms with van der Waals surface area (Å²) >= 11 is 0. The maximum Gasteiger partial charge on any atom is 0.332 e. The number of fused-ring (bicyclic) bond motifs is 3. The van der Waals surface area contributed by atoms with Crippen LogP contribution in [0.2, 0.25) is 0 Å². The Morgan fingerprint density at radius 3 is 2.44 bits per heavy atom. The molecule has 0 unspecified atom stereocenters. The fraction of sp³-hybridized carbons (Fsp3) is 0.294. The van der Waals surface area contributed by atoms with Crippen molar-refractivity contribution in [3.63, 3.8) is 0 Å². The number of carbonyl (C=O) groups excluding carboxylic acids is 1. The molecule has 140 valence electrons. The lowest BCUT2D eigenvalue weighted by molar-refractivity contribution is -0.117. The zero-order valence-corrected chi connectivity index (χ0v) is 15.2. The van der Waals surface area contributed by atoms with Crippen molar-refractivity contribution in [3.8, 4) is 11.5 Å². The van der Waals surface area contributed by atoms with E-state index < -0.39 is 11.2 Å². The molecule has 10 heteroatoms. The van der Waals surface area contributed by atoms with Gasteiger partial charge in [0.15, 0.2) is 11.2 Å². The van der Waals surface area contributed by atoms with Gasteiger partial charge in [0.05, 0.1) is 19.9 Å². The van der Waals surface area contributed by atoms with Crippen LogP contribution in [-0.4, -0.2) is 38.8 Å². The number of rotatable bonds is 3. The molecule has 3 heterocycles. The first-order chi connectivity index (χ1) is 12.9. The number of anilines is 2. The van der Waals surface area contributed by atoms with Gasteiger partial charge in [0.25, 0.3) is 11.5 Å². The van der Waals surface area contributed by atoms with Crippen LogP contribution in [0.25, 0.3) is 11.2 Å². The van der Waals surface area contributed by atoms with E-state index in [1.165, 1.54) is 42.3 Å². The quantitative estimate of drug-likeness (QED) is 0.649. The minimum absolute atomic E-state index is 0.0611. The number of benzene rings is 1. The minimum Gasteiger partial charge on any atom is -0.497 e. The molecule has 0 N–H and O–H groups in total. The van der Waals surface area contributed by atoms with E-state index in [1.54, 1.807) is 18.2 Å². The molecule has 0 saturated carbocycles. The van der Waals surface area contributed by atoms with Crippen LogP contribution < -0.4 is 25.6 Å². The molecule has 2 aromatic heterocycles. The second kappa shape index (κ2) is 5.73. The molecule has 1 aliphatic heterocycles. The highest BCUT2D eigenvalue weighted by Crippen LogP contribution is 2.39. The average Bonchev–Trinajstić information content (AvgIpc) is 3.18. The SMILES string of the molecule is COc1ccc(N2C(=O)Cn3c2nc2c3c(=O)n(C)c(=O)n2C)c(OC)c1. The lowest BCUT2D eigenvalue weighted by atomic mass is 10.2. The van der Waals surface area contributed by atoms with Gasteiger partial charge in [-0.3, -0.25) is 23.3 Å². The van der Waals surface area contributed by atoms with Gasteiger partial charge in [0, 0.05) is 20.2 Å². The van der Waals surface area contributed by atoms with Gasteiger partial charge in [-0.05, 0) is 12.1 Å². The summed E-state index contributed by atoms with van der Waals surface area (Å²) in [7, 11) is 5.95. The van der Waals surface area contributed by atoms with Crippen LogP contribution >= 0.6 is 0 Å². The van der Waals surface area contributed by atoms with Gasteiger partial charge in [-0.15, -0.1) is 0 Å². The maximum atomic E-state index is 12.7. The first-order valence-electron chi connectivity index (χ1n) is 8.10. The van der Waals surface area contributed by atoms with Crippen molar-refractivity contribution < 1.29 is 14.3 Å². The number of nitrogens with zero attached hydrogens (tertiary/aromatic N) is 5. The number of aryl methyl sites for hydroxylation is 1. The highest BCUT2D eigenvalue weighted by Gasteiger charge is 2.35. The largest absolute Gasteiger partial charge is 0.497 e. The monoisotopic (exact) mass is 371 g/mol. The van der Waals surface area contributed by atoms with E-state index in [-0.39, 0.29) is 29.6 Å². The summed E-state index contributed by atoms with van der Waals surface area (Å²) in [6.45, 7) is -0.0611. The van der Waals surface area contributed by atoms with Crippen molar-refractivity contribution in [1.29, 1.82) is 0 Å². The molecule has 3 aromatic rings. The Kier molecular flexibility index (Phi) is 3.58. The number of aromatic nitrogens is 4. The summed E-state index contributed by atoms with van der Waals surface area (Å²) in [6, 6.07) is 5.04. The molecular formula is C17H17N5O5. The topological polar surface area (TPSA) is 101 Å². The summed E-state index contributed by atoms with van der Waals surface area (Å²) in [5.74, 6) is 0.993. The number of hydrogen-bond donors (Lipinski definition) is 0. The fourth-order valence-electron chi connectivity index (χ4n) is 3.28. The number of imidazole rings is 1. The third kappa shape index (κ3) is 2.19. The predicted molar refractivity (Wildman–Crippen MR) is 96.9 cm³/mol. The Morgan fingerprint density at radius 2 is 1.78 bits per heavy atom. The third-order valence-corrected chi connectivity index (χ3v) is 4.70. The van der Waals surface area contributed by atoms with Crippen LogP contribution in [0, 0.1) is 0 Å². The predicted octanol–water partition coefficient (Wildman–Crippen LogP) is 0.129. The van der Waals surface area contributed by atoms with E-state index in [1.807, 2.05) is 0 Å². The van der Waals surface area contributed by atoms with E-state index in [4.69, 9.17) is 9.47 Å². The maximum absolute atomic E-state index is 12.7. The second-order valence-electron chi connectivity index (χ2n) is 6.14. The zero-order valence-electron chi connectivity index (χ0n) is 15.2. The molecule has 4 rings (SSSR count). The highest BCUT2D eigenvalue weighted by molar-refractivity contribution is 6.05. The fourth-order valence-corrected chi connectivity index (χ4v) is 3.28. The summed E-state index contributed by atoms with van der Waals surface area (Å²) in [5.41, 5.74) is -0.0763. The van der Waals surface area contributed by atoms with Gasteiger partial charge in [-0.25, -0.2) is 9.69 Å². The van der Waals surface area contributed by atoms with Crippen molar-refractivity contribution in [2.75, 3.05) is 19.1 Å². The van der Waals surface area contributed by atoms with E-state index in [0.29, 0.717) is 17.2 Å². The molecule has 0 bridgehead atoms. The molecule has 0 aliphatic carbocycles. The van der Waals surface area contributed by atoms with Crippen LogP contribution in [0.1, 0.15) is 0 Å². The van der Waals surface area contributed by atoms with Gasteiger partial charge in [-0.1, -0.05) is 0 Å². The zero-order chi connectivity index (χ0) is 19.5. The Balaban J connectivity index is 2.00. The standard InChI is InChI=1S/C17H17N5O5/c1-19-14-13(15(24)20(2)17(19)25)21-8-12(23)22(16(21)18-14)10-6-5-9(26-3)7-11(10)27-4/h5-7H,8H2,1-4H3. The van der Waals surface area contributed by atoms with Gasteiger partial charge < -0.3 is 9.47 Å². The average molecular weight is 371 g/mol. The smallest absolute Gasteiger partial charge is 0.332 e. The van der Waals surface area contributed by atoms with Crippen molar-refractivity contribution in [3.05, 3.63) is 39.0 Å². The van der Waals surface area contributed by atoms with E-state index >= 15 is 0 Å². The van der Waals surface area contributed by atoms with E-state index in [9.17, 15) is 14.4 Å². The molecule has 0 atom stereocenters. The summed E-state index contributed by atoms with van der Waals surface area (Å²) in [4.78, 5) is 43.3. The van der Waals surface area contributed by atoms with Gasteiger partial charge >= 0.3 is 5.69 Å². The van der Waals surface area contributed by atoms with Crippen molar-refractivity contribution in [1.82, 2.24) is 18.7 Å². The molecule has 1 amide bonds. The molecule has 1 aliphatic rings. The molecule has 10 nitrogen and oxygen atoms in total. The number of amides is 1. The van der Waals surface area contributed by atoms with E-state index in [2.05, 4.69) is 4.98 Å². The number of ether oxygens (including phenoxy) is 2.